The number of rotatable bonds is 2. The van der Waals surface area contributed by atoms with Gasteiger partial charge in [-0.15, -0.1) is 6.42 Å². The Morgan fingerprint density at radius 2 is 2.21 bits per heavy atom. The summed E-state index contributed by atoms with van der Waals surface area (Å²) in [6.07, 6.45) is 7.63. The van der Waals surface area contributed by atoms with E-state index in [4.69, 9.17) is 22.8 Å². The Morgan fingerprint density at radius 3 is 2.71 bits per heavy atom. The Hall–Kier alpha value is -1.13. The number of benzene rings is 1. The van der Waals surface area contributed by atoms with E-state index in [1.54, 1.807) is 7.11 Å². The SMILES string of the molecule is C#CC1(c2ccc(Cl)c(OC)c2)CC1. The van der Waals surface area contributed by atoms with Crippen LogP contribution in [-0.2, 0) is 5.41 Å². The first-order chi connectivity index (χ1) is 6.72. The van der Waals surface area contributed by atoms with Crippen LogP contribution in [0.2, 0.25) is 5.02 Å². The second kappa shape index (κ2) is 3.22. The van der Waals surface area contributed by atoms with E-state index >= 15 is 0 Å². The molecule has 1 nitrogen and oxygen atoms in total. The first-order valence-electron chi connectivity index (χ1n) is 4.54. The van der Waals surface area contributed by atoms with Gasteiger partial charge >= 0.3 is 0 Å². The van der Waals surface area contributed by atoms with Gasteiger partial charge in [0.25, 0.3) is 0 Å². The molecule has 0 aromatic heterocycles. The summed E-state index contributed by atoms with van der Waals surface area (Å²) in [6.45, 7) is 0. The molecule has 0 saturated heterocycles. The Morgan fingerprint density at radius 1 is 1.50 bits per heavy atom. The fraction of sp³-hybridized carbons (Fsp3) is 0.333. The Kier molecular flexibility index (Phi) is 2.17. The molecule has 0 N–H and O–H groups in total. The van der Waals surface area contributed by atoms with E-state index in [-0.39, 0.29) is 5.41 Å². The second-order valence-corrected chi connectivity index (χ2v) is 3.98. The standard InChI is InChI=1S/C12H11ClO/c1-3-12(6-7-12)9-4-5-10(13)11(8-9)14-2/h1,4-5,8H,6-7H2,2H3. The summed E-state index contributed by atoms with van der Waals surface area (Å²) in [6, 6.07) is 5.76. The van der Waals surface area contributed by atoms with Crippen LogP contribution in [0.25, 0.3) is 0 Å². The van der Waals surface area contributed by atoms with Crippen molar-refractivity contribution in [2.24, 2.45) is 0 Å². The molecule has 1 saturated carbocycles. The highest BCUT2D eigenvalue weighted by Crippen LogP contribution is 2.48. The highest BCUT2D eigenvalue weighted by atomic mass is 35.5. The van der Waals surface area contributed by atoms with Crippen molar-refractivity contribution in [3.63, 3.8) is 0 Å². The molecule has 0 atom stereocenters. The van der Waals surface area contributed by atoms with E-state index in [9.17, 15) is 0 Å². The third kappa shape index (κ3) is 1.36. The van der Waals surface area contributed by atoms with Crippen LogP contribution in [0, 0.1) is 12.3 Å². The molecule has 2 heteroatoms. The minimum Gasteiger partial charge on any atom is -0.495 e. The van der Waals surface area contributed by atoms with Crippen LogP contribution in [0.5, 0.6) is 5.75 Å². The van der Waals surface area contributed by atoms with Gasteiger partial charge in [-0.05, 0) is 30.5 Å². The molecule has 0 bridgehead atoms. The van der Waals surface area contributed by atoms with Gasteiger partial charge < -0.3 is 4.74 Å². The smallest absolute Gasteiger partial charge is 0.137 e. The molecule has 1 aliphatic carbocycles. The number of hydrogen-bond acceptors (Lipinski definition) is 1. The highest BCUT2D eigenvalue weighted by Gasteiger charge is 2.42. The monoisotopic (exact) mass is 206 g/mol. The molecule has 1 aromatic rings. The van der Waals surface area contributed by atoms with Crippen LogP contribution in [0.4, 0.5) is 0 Å². The molecule has 0 aliphatic heterocycles. The van der Waals surface area contributed by atoms with E-state index in [0.29, 0.717) is 10.8 Å². The molecule has 0 heterocycles. The molecule has 1 fully saturated rings. The molecule has 0 spiro atoms. The summed E-state index contributed by atoms with van der Waals surface area (Å²) in [5.74, 6) is 3.54. The van der Waals surface area contributed by atoms with Gasteiger partial charge in [-0.1, -0.05) is 23.6 Å². The largest absolute Gasteiger partial charge is 0.495 e. The lowest BCUT2D eigenvalue weighted by Gasteiger charge is -2.10. The van der Waals surface area contributed by atoms with Crippen LogP contribution in [0.1, 0.15) is 18.4 Å². The fourth-order valence-electron chi connectivity index (χ4n) is 1.60. The predicted octanol–water partition coefficient (Wildman–Crippen LogP) is 3.01. The molecule has 1 aliphatic rings. The van der Waals surface area contributed by atoms with E-state index < -0.39 is 0 Å². The van der Waals surface area contributed by atoms with Crippen LogP contribution >= 0.6 is 11.6 Å². The van der Waals surface area contributed by atoms with Crippen molar-refractivity contribution in [2.45, 2.75) is 18.3 Å². The van der Waals surface area contributed by atoms with Crippen molar-refractivity contribution in [1.82, 2.24) is 0 Å². The fourth-order valence-corrected chi connectivity index (χ4v) is 1.79. The summed E-state index contributed by atoms with van der Waals surface area (Å²) < 4.78 is 5.15. The number of hydrogen-bond donors (Lipinski definition) is 0. The van der Waals surface area contributed by atoms with E-state index in [2.05, 4.69) is 5.92 Å². The van der Waals surface area contributed by atoms with E-state index in [1.807, 2.05) is 18.2 Å². The van der Waals surface area contributed by atoms with Gasteiger partial charge in [-0.2, -0.15) is 0 Å². The van der Waals surface area contributed by atoms with Gasteiger partial charge in [0.05, 0.1) is 17.5 Å². The lowest BCUT2D eigenvalue weighted by molar-refractivity contribution is 0.414. The minimum absolute atomic E-state index is 0.0438. The van der Waals surface area contributed by atoms with Crippen LogP contribution in [0.15, 0.2) is 18.2 Å². The summed E-state index contributed by atoms with van der Waals surface area (Å²) in [4.78, 5) is 0. The number of halogens is 1. The van der Waals surface area contributed by atoms with Crippen molar-refractivity contribution in [3.05, 3.63) is 28.8 Å². The molecule has 0 amide bonds. The molecular formula is C12H11ClO. The lowest BCUT2D eigenvalue weighted by atomic mass is 9.97. The zero-order valence-corrected chi connectivity index (χ0v) is 8.77. The van der Waals surface area contributed by atoms with Crippen molar-refractivity contribution < 1.29 is 4.74 Å². The average Bonchev–Trinajstić information content (AvgIpc) is 2.99. The summed E-state index contributed by atoms with van der Waals surface area (Å²) in [5, 5.41) is 0.629. The number of ether oxygens (including phenoxy) is 1. The van der Waals surface area contributed by atoms with Crippen LogP contribution < -0.4 is 4.74 Å². The third-order valence-corrected chi connectivity index (χ3v) is 3.04. The predicted molar refractivity (Wildman–Crippen MR) is 57.7 cm³/mol. The molecule has 14 heavy (non-hydrogen) atoms. The van der Waals surface area contributed by atoms with Gasteiger partial charge in [0.2, 0.25) is 0 Å². The molecule has 2 rings (SSSR count). The maximum Gasteiger partial charge on any atom is 0.137 e. The minimum atomic E-state index is -0.0438. The normalized spacial score (nSPS) is 17.2. The maximum atomic E-state index is 5.93. The van der Waals surface area contributed by atoms with E-state index in [1.165, 1.54) is 0 Å². The Balaban J connectivity index is 2.42. The lowest BCUT2D eigenvalue weighted by Crippen LogP contribution is -2.02. The van der Waals surface area contributed by atoms with E-state index in [0.717, 1.165) is 18.4 Å². The zero-order chi connectivity index (χ0) is 10.2. The molecule has 0 radical (unpaired) electrons. The van der Waals surface area contributed by atoms with Gasteiger partial charge in [-0.3, -0.25) is 0 Å². The molecule has 72 valence electrons. The van der Waals surface area contributed by atoms with Gasteiger partial charge in [0.1, 0.15) is 5.75 Å². The Labute approximate surface area is 89.0 Å². The second-order valence-electron chi connectivity index (χ2n) is 3.58. The third-order valence-electron chi connectivity index (χ3n) is 2.73. The maximum absolute atomic E-state index is 5.93. The van der Waals surface area contributed by atoms with Gasteiger partial charge in [0, 0.05) is 0 Å². The molecule has 1 aromatic carbocycles. The quantitative estimate of drug-likeness (QED) is 0.676. The van der Waals surface area contributed by atoms with Crippen molar-refractivity contribution in [2.75, 3.05) is 7.11 Å². The molecule has 0 unspecified atom stereocenters. The number of terminal acetylenes is 1. The van der Waals surface area contributed by atoms with Crippen LogP contribution in [0.3, 0.4) is 0 Å². The Bertz CT molecular complexity index is 399. The van der Waals surface area contributed by atoms with Crippen molar-refractivity contribution in [3.8, 4) is 18.1 Å². The van der Waals surface area contributed by atoms with Gasteiger partial charge in [-0.25, -0.2) is 0 Å². The van der Waals surface area contributed by atoms with Crippen LogP contribution in [-0.4, -0.2) is 7.11 Å². The van der Waals surface area contributed by atoms with Gasteiger partial charge in [0.15, 0.2) is 0 Å². The zero-order valence-electron chi connectivity index (χ0n) is 8.01. The summed E-state index contributed by atoms with van der Waals surface area (Å²) in [5.41, 5.74) is 1.10. The summed E-state index contributed by atoms with van der Waals surface area (Å²) >= 11 is 5.93. The summed E-state index contributed by atoms with van der Waals surface area (Å²) in [7, 11) is 1.61. The average molecular weight is 207 g/mol. The first kappa shape index (κ1) is 9.43. The number of methoxy groups -OCH3 is 1. The highest BCUT2D eigenvalue weighted by molar-refractivity contribution is 6.32. The molecular weight excluding hydrogens is 196 g/mol. The first-order valence-corrected chi connectivity index (χ1v) is 4.91. The van der Waals surface area contributed by atoms with Crippen molar-refractivity contribution in [1.29, 1.82) is 0 Å². The topological polar surface area (TPSA) is 9.23 Å². The van der Waals surface area contributed by atoms with Crippen molar-refractivity contribution >= 4 is 11.6 Å².